The van der Waals surface area contributed by atoms with E-state index in [1.54, 1.807) is 30.5 Å². The molecule has 29 heavy (non-hydrogen) atoms. The van der Waals surface area contributed by atoms with Gasteiger partial charge in [0, 0.05) is 22.7 Å². The molecule has 0 fully saturated rings. The lowest BCUT2D eigenvalue weighted by Crippen LogP contribution is -1.90. The molecule has 0 aliphatic heterocycles. The van der Waals surface area contributed by atoms with E-state index in [0.29, 0.717) is 22.2 Å². The molecule has 0 unspecified atom stereocenters. The van der Waals surface area contributed by atoms with Gasteiger partial charge in [-0.1, -0.05) is 43.0 Å². The number of pyridine rings is 1. The number of benzene rings is 3. The van der Waals surface area contributed by atoms with E-state index in [1.807, 2.05) is 19.1 Å². The molecule has 142 valence electrons. The largest absolute Gasteiger partial charge is 0.256 e. The summed E-state index contributed by atoms with van der Waals surface area (Å²) in [4.78, 5) is 4.37. The fourth-order valence-electron chi connectivity index (χ4n) is 3.06. The van der Waals surface area contributed by atoms with Crippen LogP contribution >= 0.6 is 0 Å². The minimum atomic E-state index is -0.891. The van der Waals surface area contributed by atoms with E-state index in [4.69, 9.17) is 0 Å². The second kappa shape index (κ2) is 7.81. The van der Waals surface area contributed by atoms with Crippen LogP contribution in [0.1, 0.15) is 23.6 Å². The Morgan fingerprint density at radius 1 is 0.828 bits per heavy atom. The van der Waals surface area contributed by atoms with Gasteiger partial charge in [0.2, 0.25) is 0 Å². The van der Waals surface area contributed by atoms with Crippen molar-refractivity contribution in [3.63, 3.8) is 0 Å². The van der Waals surface area contributed by atoms with Gasteiger partial charge in [0.1, 0.15) is 5.82 Å². The number of aromatic nitrogens is 1. The van der Waals surface area contributed by atoms with E-state index in [-0.39, 0.29) is 10.9 Å². The first-order valence-corrected chi connectivity index (χ1v) is 9.20. The second-order valence-electron chi connectivity index (χ2n) is 6.65. The summed E-state index contributed by atoms with van der Waals surface area (Å²) in [5.74, 6) is 3.47. The van der Waals surface area contributed by atoms with Crippen LogP contribution in [0.15, 0.2) is 66.9 Å². The molecule has 0 spiro atoms. The molecule has 1 nitrogen and oxygen atoms in total. The number of hydrogen-bond donors (Lipinski definition) is 0. The summed E-state index contributed by atoms with van der Waals surface area (Å²) in [6.07, 6.45) is 2.68. The lowest BCUT2D eigenvalue weighted by Gasteiger charge is -2.04. The van der Waals surface area contributed by atoms with Crippen LogP contribution in [0.2, 0.25) is 0 Å². The van der Waals surface area contributed by atoms with Crippen molar-refractivity contribution in [3.05, 3.63) is 101 Å². The highest BCUT2D eigenvalue weighted by Crippen LogP contribution is 2.22. The van der Waals surface area contributed by atoms with Crippen LogP contribution in [0.3, 0.4) is 0 Å². The summed E-state index contributed by atoms with van der Waals surface area (Å²) >= 11 is 0. The van der Waals surface area contributed by atoms with Crippen molar-refractivity contribution >= 4 is 10.8 Å². The van der Waals surface area contributed by atoms with Gasteiger partial charge in [-0.15, -0.1) is 0 Å². The van der Waals surface area contributed by atoms with Gasteiger partial charge < -0.3 is 0 Å². The molecule has 0 atom stereocenters. The summed E-state index contributed by atoms with van der Waals surface area (Å²) in [7, 11) is 0. The van der Waals surface area contributed by atoms with Crippen LogP contribution < -0.4 is 0 Å². The summed E-state index contributed by atoms with van der Waals surface area (Å²) in [6.45, 7) is 2.05. The molecule has 0 amide bonds. The van der Waals surface area contributed by atoms with Crippen LogP contribution in [0, 0.1) is 29.3 Å². The normalized spacial score (nSPS) is 10.6. The van der Waals surface area contributed by atoms with E-state index in [2.05, 4.69) is 16.8 Å². The number of hydrogen-bond acceptors (Lipinski definition) is 1. The Morgan fingerprint density at radius 3 is 2.41 bits per heavy atom. The summed E-state index contributed by atoms with van der Waals surface area (Å²) in [5.41, 5.74) is 3.34. The van der Waals surface area contributed by atoms with Crippen molar-refractivity contribution in [2.24, 2.45) is 0 Å². The lowest BCUT2D eigenvalue weighted by atomic mass is 10.0. The van der Waals surface area contributed by atoms with Gasteiger partial charge in [0.05, 0.1) is 11.3 Å². The molecule has 0 bridgehead atoms. The zero-order valence-corrected chi connectivity index (χ0v) is 15.6. The Hall–Kier alpha value is -3.58. The van der Waals surface area contributed by atoms with E-state index in [1.165, 1.54) is 18.2 Å². The predicted molar refractivity (Wildman–Crippen MR) is 109 cm³/mol. The lowest BCUT2D eigenvalue weighted by molar-refractivity contribution is 0.517. The topological polar surface area (TPSA) is 12.9 Å². The smallest absolute Gasteiger partial charge is 0.166 e. The fraction of sp³-hybridized carbons (Fsp3) is 0.0800. The van der Waals surface area contributed by atoms with Crippen LogP contribution in [-0.2, 0) is 6.42 Å². The number of fused-ring (bicyclic) bond motifs is 1. The van der Waals surface area contributed by atoms with Crippen LogP contribution in [0.4, 0.5) is 13.2 Å². The molecule has 4 rings (SSSR count). The molecule has 0 saturated carbocycles. The van der Waals surface area contributed by atoms with Crippen LogP contribution in [0.5, 0.6) is 0 Å². The molecule has 0 N–H and O–H groups in total. The molecular weight excluding hydrogens is 371 g/mol. The average Bonchev–Trinajstić information content (AvgIpc) is 2.75. The molecular formula is C25H16F3N. The van der Waals surface area contributed by atoms with E-state index >= 15 is 0 Å². The van der Waals surface area contributed by atoms with Crippen molar-refractivity contribution in [1.82, 2.24) is 4.98 Å². The summed E-state index contributed by atoms with van der Waals surface area (Å²) < 4.78 is 41.6. The third-order valence-corrected chi connectivity index (χ3v) is 4.75. The van der Waals surface area contributed by atoms with Crippen molar-refractivity contribution < 1.29 is 13.2 Å². The first-order valence-electron chi connectivity index (χ1n) is 9.20. The summed E-state index contributed by atoms with van der Waals surface area (Å²) in [5, 5.41) is 0.723. The van der Waals surface area contributed by atoms with E-state index in [9.17, 15) is 13.2 Å². The fourth-order valence-corrected chi connectivity index (χ4v) is 3.06. The summed E-state index contributed by atoms with van der Waals surface area (Å²) in [6, 6.07) is 15.9. The van der Waals surface area contributed by atoms with Crippen LogP contribution in [-0.4, -0.2) is 4.98 Å². The number of halogens is 3. The molecule has 0 aliphatic rings. The average molecular weight is 387 g/mol. The van der Waals surface area contributed by atoms with Crippen molar-refractivity contribution in [1.29, 1.82) is 0 Å². The highest BCUT2D eigenvalue weighted by atomic mass is 19.2. The molecule has 0 radical (unpaired) electrons. The van der Waals surface area contributed by atoms with Gasteiger partial charge in [0.25, 0.3) is 0 Å². The maximum atomic E-state index is 14.5. The zero-order valence-electron chi connectivity index (χ0n) is 15.6. The molecule has 0 aliphatic carbocycles. The second-order valence-corrected chi connectivity index (χ2v) is 6.65. The first-order chi connectivity index (χ1) is 14.0. The van der Waals surface area contributed by atoms with E-state index < -0.39 is 17.5 Å². The molecule has 1 aromatic heterocycles. The third-order valence-electron chi connectivity index (χ3n) is 4.75. The highest BCUT2D eigenvalue weighted by molar-refractivity contribution is 5.84. The number of aryl methyl sites for hydroxylation is 1. The van der Waals surface area contributed by atoms with Crippen molar-refractivity contribution in [2.75, 3.05) is 0 Å². The Morgan fingerprint density at radius 2 is 1.69 bits per heavy atom. The number of nitrogens with zero attached hydrogens (tertiary/aromatic N) is 1. The van der Waals surface area contributed by atoms with Gasteiger partial charge in [-0.05, 0) is 53.8 Å². The van der Waals surface area contributed by atoms with Gasteiger partial charge >= 0.3 is 0 Å². The molecule has 1 heterocycles. The SMILES string of the molecule is CCc1ccc(-c2ccc(C#Cc3ccc4c(F)c(F)ccc4c3)c(F)c2)nc1. The highest BCUT2D eigenvalue weighted by Gasteiger charge is 2.07. The maximum Gasteiger partial charge on any atom is 0.166 e. The molecule has 4 aromatic rings. The Bertz CT molecular complexity index is 1270. The predicted octanol–water partition coefficient (Wildman–Crippen LogP) is 6.28. The quantitative estimate of drug-likeness (QED) is 0.369. The van der Waals surface area contributed by atoms with Gasteiger partial charge in [-0.25, -0.2) is 13.2 Å². The minimum absolute atomic E-state index is 0.188. The Labute approximate surface area is 166 Å². The molecule has 0 saturated heterocycles. The first kappa shape index (κ1) is 18.8. The van der Waals surface area contributed by atoms with E-state index in [0.717, 1.165) is 18.1 Å². The van der Waals surface area contributed by atoms with Gasteiger partial charge in [-0.3, -0.25) is 4.98 Å². The zero-order chi connectivity index (χ0) is 20.4. The number of rotatable bonds is 2. The van der Waals surface area contributed by atoms with Crippen molar-refractivity contribution in [2.45, 2.75) is 13.3 Å². The minimum Gasteiger partial charge on any atom is -0.256 e. The van der Waals surface area contributed by atoms with Crippen LogP contribution in [0.25, 0.3) is 22.0 Å². The maximum absolute atomic E-state index is 14.5. The Balaban J connectivity index is 1.62. The Kier molecular flexibility index (Phi) is 5.05. The van der Waals surface area contributed by atoms with Gasteiger partial charge in [-0.2, -0.15) is 0 Å². The standard InChI is InChI=1S/C25H16F3N/c1-2-16-5-12-24(29-15-16)20-8-7-18(23(27)14-20)6-3-17-4-10-21-19(13-17)9-11-22(26)25(21)28/h4-5,7-15H,2H2,1H3. The molecule has 3 aromatic carbocycles. The van der Waals surface area contributed by atoms with Crippen molar-refractivity contribution in [3.8, 4) is 23.1 Å². The third kappa shape index (κ3) is 3.86. The monoisotopic (exact) mass is 387 g/mol. The van der Waals surface area contributed by atoms with Gasteiger partial charge in [0.15, 0.2) is 11.6 Å². The molecule has 4 heteroatoms.